The molecule has 11 heteroatoms. The normalized spacial score (nSPS) is 19.9. The van der Waals surface area contributed by atoms with E-state index in [1.165, 1.54) is 11.1 Å². The second kappa shape index (κ2) is 16.9. The average Bonchev–Trinajstić information content (AvgIpc) is 3.91. The number of nitrogens with zero attached hydrogens (tertiary/aromatic N) is 5. The van der Waals surface area contributed by atoms with Crippen LogP contribution in [0.5, 0.6) is 11.8 Å². The van der Waals surface area contributed by atoms with Gasteiger partial charge in [-0.15, -0.1) is 24.8 Å². The lowest BCUT2D eigenvalue weighted by Gasteiger charge is -2.53. The van der Waals surface area contributed by atoms with Gasteiger partial charge in [0.05, 0.1) is 31.8 Å². The second-order valence-corrected chi connectivity index (χ2v) is 12.9. The fourth-order valence-corrected chi connectivity index (χ4v) is 7.00. The maximum atomic E-state index is 13.1. The quantitative estimate of drug-likeness (QED) is 0.245. The molecule has 2 aromatic carbocycles. The summed E-state index contributed by atoms with van der Waals surface area (Å²) in [6.45, 7) is 9.02. The number of carbonyl (C=O) groups excluding carboxylic acids is 1. The van der Waals surface area contributed by atoms with Gasteiger partial charge in [-0.25, -0.2) is 0 Å². The number of carbonyl (C=O) groups is 1. The Morgan fingerprint density at radius 2 is 1.51 bits per heavy atom. The summed E-state index contributed by atoms with van der Waals surface area (Å²) in [6.07, 6.45) is 2.60. The monoisotopic (exact) mass is 685 g/mol. The van der Waals surface area contributed by atoms with Crippen LogP contribution in [0.4, 0.5) is 0 Å². The molecule has 3 fully saturated rings. The SMILES string of the molecule is COCCC(=O)N1CCN2C(CN(Cc3c(OC)nc(C4CC4)nc3OC(C)C)CC2C(c2ccccc2)c2ccccc2)C1.Cl.Cl. The largest absolute Gasteiger partial charge is 0.481 e. The molecular weight excluding hydrogens is 637 g/mol. The lowest BCUT2D eigenvalue weighted by atomic mass is 9.81. The van der Waals surface area contributed by atoms with E-state index in [1.807, 2.05) is 18.7 Å². The average molecular weight is 687 g/mol. The fourth-order valence-electron chi connectivity index (χ4n) is 7.00. The standard InChI is InChI=1S/C36H47N5O4.2ClH/c1-25(2)45-36-30(35(44-4)37-34(38-36)28-15-16-28)23-39-21-29-22-40(32(42)17-20-43-3)18-19-41(29)31(24-39)33(26-11-7-5-8-12-26)27-13-9-6-10-14-27;;/h5-14,25,28-29,31,33H,15-24H2,1-4H3;2*1H. The number of aromatic nitrogens is 2. The Balaban J connectivity index is 0.00000250. The summed E-state index contributed by atoms with van der Waals surface area (Å²) in [7, 11) is 3.34. The van der Waals surface area contributed by atoms with Crippen LogP contribution in [-0.4, -0.2) is 102 Å². The topological polar surface area (TPSA) is 80.3 Å². The second-order valence-electron chi connectivity index (χ2n) is 12.9. The molecule has 1 amide bonds. The maximum absolute atomic E-state index is 13.1. The molecule has 3 heterocycles. The predicted octanol–water partition coefficient (Wildman–Crippen LogP) is 5.56. The van der Waals surface area contributed by atoms with Gasteiger partial charge in [-0.1, -0.05) is 60.7 Å². The molecule has 0 N–H and O–H groups in total. The highest BCUT2D eigenvalue weighted by Gasteiger charge is 2.43. The molecule has 3 aromatic rings. The highest BCUT2D eigenvalue weighted by molar-refractivity contribution is 5.85. The lowest BCUT2D eigenvalue weighted by Crippen LogP contribution is -2.67. The molecule has 2 unspecified atom stereocenters. The number of fused-ring (bicyclic) bond motifs is 1. The molecule has 0 spiro atoms. The van der Waals surface area contributed by atoms with Crippen molar-refractivity contribution in [2.24, 2.45) is 0 Å². The van der Waals surface area contributed by atoms with Gasteiger partial charge in [-0.3, -0.25) is 14.6 Å². The maximum Gasteiger partial charge on any atom is 0.225 e. The Labute approximate surface area is 291 Å². The third kappa shape index (κ3) is 8.75. The first-order valence-corrected chi connectivity index (χ1v) is 16.4. The highest BCUT2D eigenvalue weighted by atomic mass is 35.5. The van der Waals surface area contributed by atoms with Crippen LogP contribution in [0.15, 0.2) is 60.7 Å². The van der Waals surface area contributed by atoms with Crippen LogP contribution >= 0.6 is 24.8 Å². The summed E-state index contributed by atoms with van der Waals surface area (Å²) in [5.41, 5.74) is 3.49. The molecule has 0 bridgehead atoms. The van der Waals surface area contributed by atoms with Crippen LogP contribution in [0.25, 0.3) is 0 Å². The number of methoxy groups -OCH3 is 2. The van der Waals surface area contributed by atoms with Crippen molar-refractivity contribution < 1.29 is 19.0 Å². The number of hydrogen-bond donors (Lipinski definition) is 0. The van der Waals surface area contributed by atoms with Gasteiger partial charge in [0.25, 0.3) is 0 Å². The summed E-state index contributed by atoms with van der Waals surface area (Å²) in [6, 6.07) is 22.1. The number of piperazine rings is 2. The van der Waals surface area contributed by atoms with E-state index in [2.05, 4.69) is 70.5 Å². The smallest absolute Gasteiger partial charge is 0.225 e. The van der Waals surface area contributed by atoms with E-state index in [1.54, 1.807) is 14.2 Å². The third-order valence-corrected chi connectivity index (χ3v) is 9.26. The summed E-state index contributed by atoms with van der Waals surface area (Å²) in [4.78, 5) is 30.1. The number of amides is 1. The zero-order valence-electron chi connectivity index (χ0n) is 27.9. The molecule has 2 saturated heterocycles. The zero-order valence-corrected chi connectivity index (χ0v) is 29.5. The van der Waals surface area contributed by atoms with Crippen molar-refractivity contribution in [1.29, 1.82) is 0 Å². The summed E-state index contributed by atoms with van der Waals surface area (Å²) >= 11 is 0. The Morgan fingerprint density at radius 1 is 0.872 bits per heavy atom. The van der Waals surface area contributed by atoms with Gasteiger partial charge in [0.15, 0.2) is 0 Å². The van der Waals surface area contributed by atoms with Crippen molar-refractivity contribution in [2.45, 2.75) is 69.7 Å². The van der Waals surface area contributed by atoms with Crippen LogP contribution < -0.4 is 9.47 Å². The van der Waals surface area contributed by atoms with Crippen LogP contribution in [0.1, 0.15) is 67.5 Å². The molecule has 256 valence electrons. The fraction of sp³-hybridized carbons (Fsp3) is 0.528. The Morgan fingerprint density at radius 3 is 2.09 bits per heavy atom. The number of ether oxygens (including phenoxy) is 3. The minimum absolute atomic E-state index is 0. The Bertz CT molecular complexity index is 1390. The van der Waals surface area contributed by atoms with Crippen LogP contribution in [0, 0.1) is 0 Å². The molecule has 9 nitrogen and oxygen atoms in total. The van der Waals surface area contributed by atoms with E-state index in [4.69, 9.17) is 24.2 Å². The minimum atomic E-state index is -0.0226. The summed E-state index contributed by atoms with van der Waals surface area (Å²) in [5, 5.41) is 0. The molecule has 3 aliphatic rings. The van der Waals surface area contributed by atoms with Gasteiger partial charge >= 0.3 is 0 Å². The van der Waals surface area contributed by atoms with Crippen molar-refractivity contribution in [1.82, 2.24) is 24.7 Å². The van der Waals surface area contributed by atoms with E-state index in [9.17, 15) is 4.79 Å². The zero-order chi connectivity index (χ0) is 31.3. The molecule has 1 aromatic heterocycles. The molecule has 1 saturated carbocycles. The van der Waals surface area contributed by atoms with Gasteiger partial charge < -0.3 is 19.1 Å². The van der Waals surface area contributed by atoms with E-state index in [0.717, 1.165) is 50.4 Å². The number of halogens is 2. The minimum Gasteiger partial charge on any atom is -0.481 e. The Hall–Kier alpha value is -2.95. The van der Waals surface area contributed by atoms with E-state index >= 15 is 0 Å². The first-order chi connectivity index (χ1) is 21.9. The molecular formula is C36H49Cl2N5O4. The van der Waals surface area contributed by atoms with Crippen molar-refractivity contribution in [2.75, 3.05) is 53.6 Å². The van der Waals surface area contributed by atoms with E-state index in [-0.39, 0.29) is 54.8 Å². The first-order valence-electron chi connectivity index (χ1n) is 16.4. The predicted molar refractivity (Wildman–Crippen MR) is 188 cm³/mol. The van der Waals surface area contributed by atoms with Gasteiger partial charge in [0.2, 0.25) is 17.7 Å². The number of hydrogen-bond acceptors (Lipinski definition) is 8. The summed E-state index contributed by atoms with van der Waals surface area (Å²) in [5.74, 6) is 2.75. The molecule has 1 aliphatic carbocycles. The molecule has 6 rings (SSSR count). The van der Waals surface area contributed by atoms with Crippen LogP contribution in [0.3, 0.4) is 0 Å². The van der Waals surface area contributed by atoms with Gasteiger partial charge in [0, 0.05) is 70.3 Å². The van der Waals surface area contributed by atoms with Crippen molar-refractivity contribution in [3.8, 4) is 11.8 Å². The summed E-state index contributed by atoms with van der Waals surface area (Å²) < 4.78 is 17.4. The molecule has 0 radical (unpaired) electrons. The molecule has 2 aliphatic heterocycles. The molecule has 47 heavy (non-hydrogen) atoms. The van der Waals surface area contributed by atoms with Gasteiger partial charge in [0.1, 0.15) is 5.82 Å². The van der Waals surface area contributed by atoms with Crippen molar-refractivity contribution in [3.63, 3.8) is 0 Å². The molecule has 2 atom stereocenters. The van der Waals surface area contributed by atoms with Crippen LogP contribution in [0.2, 0.25) is 0 Å². The third-order valence-electron chi connectivity index (χ3n) is 9.26. The van der Waals surface area contributed by atoms with Gasteiger partial charge in [-0.2, -0.15) is 9.97 Å². The number of rotatable bonds is 12. The lowest BCUT2D eigenvalue weighted by molar-refractivity contribution is -0.137. The Kier molecular flexibility index (Phi) is 13.3. The van der Waals surface area contributed by atoms with Gasteiger partial charge in [-0.05, 0) is 37.8 Å². The highest BCUT2D eigenvalue weighted by Crippen LogP contribution is 2.42. The first kappa shape index (κ1) is 36.9. The van der Waals surface area contributed by atoms with E-state index < -0.39 is 0 Å². The number of benzene rings is 2. The van der Waals surface area contributed by atoms with Crippen molar-refractivity contribution in [3.05, 3.63) is 83.2 Å². The van der Waals surface area contributed by atoms with E-state index in [0.29, 0.717) is 43.8 Å². The van der Waals surface area contributed by atoms with Crippen LogP contribution in [-0.2, 0) is 16.1 Å². The van der Waals surface area contributed by atoms with Crippen molar-refractivity contribution >= 4 is 30.7 Å².